The summed E-state index contributed by atoms with van der Waals surface area (Å²) in [6.45, 7) is 4.96. The molecule has 0 unspecified atom stereocenters. The van der Waals surface area contributed by atoms with Gasteiger partial charge in [0.2, 0.25) is 5.95 Å². The van der Waals surface area contributed by atoms with E-state index in [1.807, 2.05) is 24.6 Å². The third-order valence-corrected chi connectivity index (χ3v) is 5.12. The molecular formula is C19H20Cl2N6. The predicted octanol–water partition coefficient (Wildman–Crippen LogP) is 3.47. The molecule has 3 rings (SSSR count). The number of nitrogens with two attached hydrogens (primary N) is 2. The van der Waals surface area contributed by atoms with E-state index in [1.54, 1.807) is 6.20 Å². The van der Waals surface area contributed by atoms with Crippen LogP contribution in [0.3, 0.4) is 0 Å². The van der Waals surface area contributed by atoms with E-state index in [9.17, 15) is 0 Å². The van der Waals surface area contributed by atoms with Crippen molar-refractivity contribution in [3.8, 4) is 11.8 Å². The number of hydrogen-bond acceptors (Lipinski definition) is 5. The summed E-state index contributed by atoms with van der Waals surface area (Å²) < 4.78 is 1.92. The minimum atomic E-state index is 0.112. The van der Waals surface area contributed by atoms with Crippen molar-refractivity contribution < 1.29 is 0 Å². The van der Waals surface area contributed by atoms with Crippen LogP contribution in [0.1, 0.15) is 35.2 Å². The van der Waals surface area contributed by atoms with E-state index in [4.69, 9.17) is 34.7 Å². The van der Waals surface area contributed by atoms with E-state index in [0.29, 0.717) is 35.6 Å². The first-order valence-corrected chi connectivity index (χ1v) is 9.29. The molecule has 6 nitrogen and oxygen atoms in total. The lowest BCUT2D eigenvalue weighted by Gasteiger charge is -2.10. The van der Waals surface area contributed by atoms with Crippen molar-refractivity contribution >= 4 is 40.2 Å². The Morgan fingerprint density at radius 3 is 2.74 bits per heavy atom. The van der Waals surface area contributed by atoms with Gasteiger partial charge in [-0.15, -0.1) is 0 Å². The third kappa shape index (κ3) is 4.01. The highest BCUT2D eigenvalue weighted by atomic mass is 35.5. The zero-order chi connectivity index (χ0) is 19.6. The summed E-state index contributed by atoms with van der Waals surface area (Å²) in [5.74, 6) is 6.37. The zero-order valence-corrected chi connectivity index (χ0v) is 16.7. The van der Waals surface area contributed by atoms with E-state index in [-0.39, 0.29) is 11.1 Å². The molecule has 3 heterocycles. The first kappa shape index (κ1) is 19.4. The van der Waals surface area contributed by atoms with Crippen LogP contribution in [0.4, 0.5) is 5.95 Å². The Morgan fingerprint density at radius 1 is 1.22 bits per heavy atom. The molecule has 0 bridgehead atoms. The number of rotatable bonds is 4. The lowest BCUT2D eigenvalue weighted by Crippen LogP contribution is -2.06. The first-order chi connectivity index (χ1) is 12.9. The zero-order valence-electron chi connectivity index (χ0n) is 15.2. The van der Waals surface area contributed by atoms with Crippen LogP contribution >= 0.6 is 23.2 Å². The minimum absolute atomic E-state index is 0.112. The van der Waals surface area contributed by atoms with Crippen molar-refractivity contribution in [2.45, 2.75) is 33.2 Å². The normalized spacial score (nSPS) is 10.9. The number of nitrogens with zero attached hydrogens (tertiary/aromatic N) is 4. The molecule has 0 atom stereocenters. The lowest BCUT2D eigenvalue weighted by molar-refractivity contribution is 0.788. The fourth-order valence-electron chi connectivity index (χ4n) is 2.79. The van der Waals surface area contributed by atoms with Gasteiger partial charge >= 0.3 is 0 Å². The van der Waals surface area contributed by atoms with Gasteiger partial charge in [-0.2, -0.15) is 4.98 Å². The maximum atomic E-state index is 6.37. The second-order valence-electron chi connectivity index (χ2n) is 6.26. The molecule has 0 aliphatic carbocycles. The van der Waals surface area contributed by atoms with E-state index >= 15 is 0 Å². The number of hydrogen-bond donors (Lipinski definition) is 2. The number of aromatic nitrogens is 4. The molecule has 0 aliphatic heterocycles. The minimum Gasteiger partial charge on any atom is -0.368 e. The average molecular weight is 403 g/mol. The van der Waals surface area contributed by atoms with E-state index in [0.717, 1.165) is 28.8 Å². The smallest absolute Gasteiger partial charge is 0.223 e. The standard InChI is InChI=1S/C19H20Cl2N6/c1-11-8-24-14(12(2)16(11)20)10-27-9-13(6-4-3-5-7-22)15-17(21)25-19(23)26-18(15)27/h8-9H,3,5,7,10,22H2,1-2H3,(H2,23,25,26). The van der Waals surface area contributed by atoms with Gasteiger partial charge in [0.05, 0.1) is 23.2 Å². The van der Waals surface area contributed by atoms with Gasteiger partial charge in [0.1, 0.15) is 10.8 Å². The van der Waals surface area contributed by atoms with Crippen LogP contribution < -0.4 is 11.5 Å². The van der Waals surface area contributed by atoms with Gasteiger partial charge in [0.25, 0.3) is 0 Å². The Morgan fingerprint density at radius 2 is 2.00 bits per heavy atom. The molecule has 3 aromatic rings. The largest absolute Gasteiger partial charge is 0.368 e. The number of anilines is 1. The van der Waals surface area contributed by atoms with Crippen molar-refractivity contribution in [3.05, 3.63) is 45.0 Å². The number of nitrogen functional groups attached to an aromatic ring is 1. The van der Waals surface area contributed by atoms with Crippen LogP contribution in [-0.2, 0) is 6.54 Å². The van der Waals surface area contributed by atoms with E-state index in [2.05, 4.69) is 26.8 Å². The summed E-state index contributed by atoms with van der Waals surface area (Å²) in [6.07, 6.45) is 5.22. The van der Waals surface area contributed by atoms with E-state index < -0.39 is 0 Å². The van der Waals surface area contributed by atoms with Gasteiger partial charge in [-0.25, -0.2) is 4.98 Å². The molecule has 8 heteroatoms. The highest BCUT2D eigenvalue weighted by Crippen LogP contribution is 2.28. The highest BCUT2D eigenvalue weighted by Gasteiger charge is 2.16. The Kier molecular flexibility index (Phi) is 5.85. The third-order valence-electron chi connectivity index (χ3n) is 4.26. The second kappa shape index (κ2) is 8.13. The van der Waals surface area contributed by atoms with Crippen molar-refractivity contribution in [2.75, 3.05) is 12.3 Å². The van der Waals surface area contributed by atoms with Crippen molar-refractivity contribution in [2.24, 2.45) is 5.73 Å². The molecule has 0 saturated heterocycles. The SMILES string of the molecule is Cc1cnc(Cn2cc(C#CCCCN)c3c(Cl)nc(N)nc32)c(C)c1Cl. The molecule has 0 spiro atoms. The van der Waals surface area contributed by atoms with Crippen LogP contribution in [-0.4, -0.2) is 26.1 Å². The van der Waals surface area contributed by atoms with Gasteiger partial charge < -0.3 is 16.0 Å². The molecule has 0 radical (unpaired) electrons. The second-order valence-corrected chi connectivity index (χ2v) is 7.00. The fraction of sp³-hybridized carbons (Fsp3) is 0.316. The summed E-state index contributed by atoms with van der Waals surface area (Å²) in [6, 6.07) is 0. The molecule has 0 fully saturated rings. The van der Waals surface area contributed by atoms with Crippen LogP contribution in [0.5, 0.6) is 0 Å². The maximum absolute atomic E-state index is 6.37. The summed E-state index contributed by atoms with van der Waals surface area (Å²) in [5.41, 5.74) is 15.4. The van der Waals surface area contributed by atoms with Crippen LogP contribution in [0, 0.1) is 25.7 Å². The van der Waals surface area contributed by atoms with Gasteiger partial charge in [-0.1, -0.05) is 35.0 Å². The summed E-state index contributed by atoms with van der Waals surface area (Å²) in [5, 5.41) is 1.68. The number of fused-ring (bicyclic) bond motifs is 1. The molecule has 4 N–H and O–H groups in total. The Bertz CT molecular complexity index is 1060. The molecule has 27 heavy (non-hydrogen) atoms. The van der Waals surface area contributed by atoms with Gasteiger partial charge in [0.15, 0.2) is 0 Å². The predicted molar refractivity (Wildman–Crippen MR) is 110 cm³/mol. The Hall–Kier alpha value is -2.33. The molecule has 0 aliphatic rings. The van der Waals surface area contributed by atoms with Gasteiger partial charge in [-0.05, 0) is 37.9 Å². The molecule has 0 saturated carbocycles. The molecule has 3 aromatic heterocycles. The molecule has 0 aromatic carbocycles. The number of halogens is 2. The van der Waals surface area contributed by atoms with Gasteiger partial charge in [-0.3, -0.25) is 4.98 Å². The van der Waals surface area contributed by atoms with Crippen molar-refractivity contribution in [1.82, 2.24) is 19.5 Å². The van der Waals surface area contributed by atoms with Crippen LogP contribution in [0.25, 0.3) is 11.0 Å². The van der Waals surface area contributed by atoms with Crippen molar-refractivity contribution in [3.63, 3.8) is 0 Å². The summed E-state index contributed by atoms with van der Waals surface area (Å²) >= 11 is 12.7. The molecule has 140 valence electrons. The Balaban J connectivity index is 2.10. The van der Waals surface area contributed by atoms with Gasteiger partial charge in [0, 0.05) is 23.8 Å². The number of aryl methyl sites for hydroxylation is 1. The molecule has 0 amide bonds. The van der Waals surface area contributed by atoms with E-state index in [1.165, 1.54) is 0 Å². The number of unbranched alkanes of at least 4 members (excludes halogenated alkanes) is 1. The summed E-state index contributed by atoms with van der Waals surface area (Å²) in [7, 11) is 0. The monoisotopic (exact) mass is 402 g/mol. The molecular weight excluding hydrogens is 383 g/mol. The average Bonchev–Trinajstić information content (AvgIpc) is 2.97. The lowest BCUT2D eigenvalue weighted by atomic mass is 10.1. The van der Waals surface area contributed by atoms with Crippen LogP contribution in [0.2, 0.25) is 10.2 Å². The Labute approximate surface area is 167 Å². The topological polar surface area (TPSA) is 95.6 Å². The fourth-order valence-corrected chi connectivity index (χ4v) is 3.22. The van der Waals surface area contributed by atoms with Crippen molar-refractivity contribution in [1.29, 1.82) is 0 Å². The summed E-state index contributed by atoms with van der Waals surface area (Å²) in [4.78, 5) is 12.9. The van der Waals surface area contributed by atoms with Crippen LogP contribution in [0.15, 0.2) is 12.4 Å². The highest BCUT2D eigenvalue weighted by molar-refractivity contribution is 6.34. The number of pyridine rings is 1. The quantitative estimate of drug-likeness (QED) is 0.395. The first-order valence-electron chi connectivity index (χ1n) is 8.53. The maximum Gasteiger partial charge on any atom is 0.223 e.